The van der Waals surface area contributed by atoms with Crippen LogP contribution in [0.25, 0.3) is 20.8 Å². The highest BCUT2D eigenvalue weighted by molar-refractivity contribution is 7.22. The summed E-state index contributed by atoms with van der Waals surface area (Å²) in [6, 6.07) is 11.8. The molecule has 3 aromatic heterocycles. The number of urea groups is 1. The Morgan fingerprint density at radius 1 is 1.10 bits per heavy atom. The molecule has 12 heteroatoms. The van der Waals surface area contributed by atoms with Gasteiger partial charge in [0.1, 0.15) is 11.9 Å². The Morgan fingerprint density at radius 2 is 1.90 bits per heavy atom. The molecule has 1 saturated heterocycles. The first-order chi connectivity index (χ1) is 20.3. The fraction of sp³-hybridized carbons (Fsp3) is 0.333. The van der Waals surface area contributed by atoms with Gasteiger partial charge in [-0.2, -0.15) is 0 Å². The maximum absolute atomic E-state index is 14.9. The third kappa shape index (κ3) is 6.51. The van der Waals surface area contributed by atoms with Gasteiger partial charge in [-0.15, -0.1) is 11.3 Å². The van der Waals surface area contributed by atoms with Crippen LogP contribution in [0.15, 0.2) is 54.9 Å². The highest BCUT2D eigenvalue weighted by Crippen LogP contribution is 2.39. The van der Waals surface area contributed by atoms with E-state index in [-0.39, 0.29) is 23.7 Å². The largest absolute Gasteiger partial charge is 0.453 e. The van der Waals surface area contributed by atoms with Crippen LogP contribution < -0.4 is 15.4 Å². The summed E-state index contributed by atoms with van der Waals surface area (Å²) < 4.78 is 21.6. The Bertz CT molecular complexity index is 1600. The first-order valence-corrected chi connectivity index (χ1v) is 14.7. The summed E-state index contributed by atoms with van der Waals surface area (Å²) in [6.07, 6.45) is 4.44. The number of aliphatic hydroxyl groups is 1. The van der Waals surface area contributed by atoms with Crippen molar-refractivity contribution < 1.29 is 23.8 Å². The zero-order valence-electron chi connectivity index (χ0n) is 23.0. The van der Waals surface area contributed by atoms with E-state index >= 15 is 0 Å². The number of fused-ring (bicyclic) bond motifs is 1. The molecule has 6 rings (SSSR count). The van der Waals surface area contributed by atoms with Crippen molar-refractivity contribution in [2.75, 3.05) is 31.5 Å². The van der Waals surface area contributed by atoms with Gasteiger partial charge in [0.2, 0.25) is 0 Å². The van der Waals surface area contributed by atoms with Crippen LogP contribution in [0.5, 0.6) is 11.5 Å². The molecule has 3 N–H and O–H groups in total. The standard InChI is InChI=1S/C30H31FN6O4S/c1-18(38)29(39)37-12-10-36(11-13-37)17-19-2-6-23(33-16-19)27-15-24-28(42-27)26(8-9-32-24)41-25-7-5-21(14-22(25)31)35-30(40)34-20-3-4-20/h2,5-9,14-16,18,20,38H,3-4,10-13,17H2,1H3,(H2,34,35,40)/t18-/m0/s1. The molecule has 2 fully saturated rings. The molecule has 2 aliphatic rings. The molecule has 10 nitrogen and oxygen atoms in total. The molecule has 218 valence electrons. The molecule has 1 aliphatic carbocycles. The van der Waals surface area contributed by atoms with E-state index < -0.39 is 11.9 Å². The van der Waals surface area contributed by atoms with E-state index in [0.717, 1.165) is 58.8 Å². The van der Waals surface area contributed by atoms with Crippen molar-refractivity contribution in [3.05, 3.63) is 66.2 Å². The topological polar surface area (TPSA) is 120 Å². The molecular weight excluding hydrogens is 559 g/mol. The molecule has 0 spiro atoms. The lowest BCUT2D eigenvalue weighted by molar-refractivity contribution is -0.141. The lowest BCUT2D eigenvalue weighted by Crippen LogP contribution is -2.50. The number of rotatable bonds is 8. The molecule has 3 amide bonds. The first kappa shape index (κ1) is 28.0. The zero-order valence-corrected chi connectivity index (χ0v) is 23.9. The van der Waals surface area contributed by atoms with Gasteiger partial charge in [0.05, 0.1) is 20.8 Å². The van der Waals surface area contributed by atoms with Crippen molar-refractivity contribution in [1.29, 1.82) is 0 Å². The number of carbonyl (C=O) groups excluding carboxylic acids is 2. The Morgan fingerprint density at radius 3 is 2.60 bits per heavy atom. The fourth-order valence-corrected chi connectivity index (χ4v) is 5.84. The number of aliphatic hydroxyl groups excluding tert-OH is 1. The normalized spacial score (nSPS) is 16.3. The molecule has 1 aliphatic heterocycles. The van der Waals surface area contributed by atoms with Gasteiger partial charge < -0.3 is 25.4 Å². The summed E-state index contributed by atoms with van der Waals surface area (Å²) in [4.78, 5) is 38.0. The fourth-order valence-electron chi connectivity index (χ4n) is 4.79. The Kier molecular flexibility index (Phi) is 8.00. The van der Waals surface area contributed by atoms with E-state index in [4.69, 9.17) is 4.74 Å². The number of amides is 3. The van der Waals surface area contributed by atoms with Crippen molar-refractivity contribution in [2.24, 2.45) is 0 Å². The number of hydrogen-bond acceptors (Lipinski definition) is 8. The maximum atomic E-state index is 14.9. The van der Waals surface area contributed by atoms with Crippen LogP contribution in [0.4, 0.5) is 14.9 Å². The molecule has 4 aromatic rings. The predicted octanol–water partition coefficient (Wildman–Crippen LogP) is 4.60. The number of piperazine rings is 1. The number of nitrogens with zero attached hydrogens (tertiary/aromatic N) is 4. The van der Waals surface area contributed by atoms with E-state index in [9.17, 15) is 19.1 Å². The number of aromatic nitrogens is 2. The number of thiophene rings is 1. The number of anilines is 1. The predicted molar refractivity (Wildman–Crippen MR) is 158 cm³/mol. The minimum absolute atomic E-state index is 0.0455. The van der Waals surface area contributed by atoms with Crippen molar-refractivity contribution >= 4 is 39.2 Å². The second-order valence-electron chi connectivity index (χ2n) is 10.6. The van der Waals surface area contributed by atoms with Crippen LogP contribution in [0, 0.1) is 5.82 Å². The van der Waals surface area contributed by atoms with Crippen LogP contribution in [0.3, 0.4) is 0 Å². The zero-order chi connectivity index (χ0) is 29.2. The third-order valence-corrected chi connectivity index (χ3v) is 8.38. The summed E-state index contributed by atoms with van der Waals surface area (Å²) >= 11 is 1.47. The monoisotopic (exact) mass is 590 g/mol. The van der Waals surface area contributed by atoms with Gasteiger partial charge in [0.25, 0.3) is 5.91 Å². The summed E-state index contributed by atoms with van der Waals surface area (Å²) in [6.45, 7) is 4.88. The highest BCUT2D eigenvalue weighted by atomic mass is 32.1. The van der Waals surface area contributed by atoms with E-state index in [1.165, 1.54) is 30.4 Å². The average molecular weight is 591 g/mol. The minimum Gasteiger partial charge on any atom is -0.453 e. The van der Waals surface area contributed by atoms with Crippen molar-refractivity contribution in [2.45, 2.75) is 38.5 Å². The molecule has 0 radical (unpaired) electrons. The first-order valence-electron chi connectivity index (χ1n) is 13.9. The molecule has 1 saturated carbocycles. The summed E-state index contributed by atoms with van der Waals surface area (Å²) in [5, 5.41) is 15.0. The van der Waals surface area contributed by atoms with Gasteiger partial charge in [0, 0.05) is 69.0 Å². The SMILES string of the molecule is C[C@H](O)C(=O)N1CCN(Cc2ccc(-c3cc4nccc(Oc5ccc(NC(=O)NC6CC6)cc5F)c4s3)nc2)CC1. The van der Waals surface area contributed by atoms with Gasteiger partial charge in [-0.3, -0.25) is 19.7 Å². The maximum Gasteiger partial charge on any atom is 0.319 e. The van der Waals surface area contributed by atoms with Gasteiger partial charge in [0.15, 0.2) is 11.6 Å². The van der Waals surface area contributed by atoms with Crippen LogP contribution in [0.1, 0.15) is 25.3 Å². The molecule has 0 unspecified atom stereocenters. The molecule has 4 heterocycles. The molecular formula is C30H31FN6O4S. The summed E-state index contributed by atoms with van der Waals surface area (Å²) in [5.74, 6) is -0.289. The van der Waals surface area contributed by atoms with E-state index in [1.54, 1.807) is 23.2 Å². The third-order valence-electron chi connectivity index (χ3n) is 7.22. The Balaban J connectivity index is 1.10. The van der Waals surface area contributed by atoms with Crippen molar-refractivity contribution in [3.63, 3.8) is 0 Å². The Labute approximate surface area is 246 Å². The van der Waals surface area contributed by atoms with Gasteiger partial charge >= 0.3 is 6.03 Å². The molecule has 1 atom stereocenters. The molecule has 1 aromatic carbocycles. The lowest BCUT2D eigenvalue weighted by Gasteiger charge is -2.35. The highest BCUT2D eigenvalue weighted by Gasteiger charge is 2.24. The number of pyridine rings is 2. The number of benzene rings is 1. The quantitative estimate of drug-likeness (QED) is 0.274. The number of halogens is 1. The molecule has 0 bridgehead atoms. The second kappa shape index (κ2) is 12.0. The Hall–Kier alpha value is -4.13. The number of carbonyl (C=O) groups is 2. The average Bonchev–Trinajstić information content (AvgIpc) is 3.68. The van der Waals surface area contributed by atoms with Gasteiger partial charge in [-0.25, -0.2) is 9.18 Å². The summed E-state index contributed by atoms with van der Waals surface area (Å²) in [7, 11) is 0. The van der Waals surface area contributed by atoms with Gasteiger partial charge in [-0.05, 0) is 49.6 Å². The number of hydrogen-bond donors (Lipinski definition) is 3. The van der Waals surface area contributed by atoms with Crippen molar-refractivity contribution in [1.82, 2.24) is 25.1 Å². The van der Waals surface area contributed by atoms with Crippen LogP contribution >= 0.6 is 11.3 Å². The smallest absolute Gasteiger partial charge is 0.319 e. The minimum atomic E-state index is -0.970. The van der Waals surface area contributed by atoms with E-state index in [1.807, 2.05) is 24.4 Å². The number of nitrogens with one attached hydrogen (secondary N) is 2. The second-order valence-corrected chi connectivity index (χ2v) is 11.6. The number of ether oxygens (including phenoxy) is 1. The van der Waals surface area contributed by atoms with E-state index in [0.29, 0.717) is 24.5 Å². The van der Waals surface area contributed by atoms with Crippen LogP contribution in [-0.4, -0.2) is 75.1 Å². The van der Waals surface area contributed by atoms with Gasteiger partial charge in [-0.1, -0.05) is 6.07 Å². The molecule has 42 heavy (non-hydrogen) atoms. The lowest BCUT2D eigenvalue weighted by atomic mass is 10.2. The van der Waals surface area contributed by atoms with Crippen molar-refractivity contribution in [3.8, 4) is 22.1 Å². The van der Waals surface area contributed by atoms with Crippen LogP contribution in [0.2, 0.25) is 0 Å². The van der Waals surface area contributed by atoms with Crippen LogP contribution in [-0.2, 0) is 11.3 Å². The summed E-state index contributed by atoms with van der Waals surface area (Å²) in [5.41, 5.74) is 2.93. The van der Waals surface area contributed by atoms with E-state index in [2.05, 4.69) is 25.5 Å².